The van der Waals surface area contributed by atoms with Crippen molar-refractivity contribution in [3.63, 3.8) is 0 Å². The second kappa shape index (κ2) is 10.6. The molecule has 2 aliphatic heterocycles. The van der Waals surface area contributed by atoms with Gasteiger partial charge in [-0.25, -0.2) is 4.98 Å². The van der Waals surface area contributed by atoms with E-state index in [9.17, 15) is 4.79 Å². The molecule has 4 rings (SSSR count). The predicted molar refractivity (Wildman–Crippen MR) is 120 cm³/mol. The lowest BCUT2D eigenvalue weighted by Crippen LogP contribution is -2.42. The van der Waals surface area contributed by atoms with Crippen LogP contribution < -0.4 is 9.47 Å². The average Bonchev–Trinajstić information content (AvgIpc) is 2.83. The highest BCUT2D eigenvalue weighted by Crippen LogP contribution is 2.33. The molecule has 0 saturated carbocycles. The molecule has 3 heterocycles. The topological polar surface area (TPSA) is 54.9 Å². The van der Waals surface area contributed by atoms with Gasteiger partial charge < -0.3 is 19.3 Å². The van der Waals surface area contributed by atoms with Gasteiger partial charge in [-0.15, -0.1) is 0 Å². The van der Waals surface area contributed by atoms with Gasteiger partial charge in [0.25, 0.3) is 0 Å². The molecule has 0 spiro atoms. The van der Waals surface area contributed by atoms with E-state index >= 15 is 0 Å². The van der Waals surface area contributed by atoms with Crippen molar-refractivity contribution in [1.82, 2.24) is 14.8 Å². The van der Waals surface area contributed by atoms with E-state index in [1.807, 2.05) is 41.3 Å². The van der Waals surface area contributed by atoms with Crippen LogP contribution in [0.15, 0.2) is 42.6 Å². The summed E-state index contributed by atoms with van der Waals surface area (Å²) >= 11 is 0. The summed E-state index contributed by atoms with van der Waals surface area (Å²) in [5.74, 6) is 2.32. The van der Waals surface area contributed by atoms with Crippen molar-refractivity contribution >= 4 is 5.91 Å². The normalized spacial score (nSPS) is 18.9. The van der Waals surface area contributed by atoms with Crippen molar-refractivity contribution in [1.29, 1.82) is 0 Å². The molecule has 6 heteroatoms. The Balaban J connectivity index is 1.56. The lowest BCUT2D eigenvalue weighted by atomic mass is 9.95. The van der Waals surface area contributed by atoms with Crippen LogP contribution in [-0.2, 0) is 11.3 Å². The summed E-state index contributed by atoms with van der Waals surface area (Å²) in [6, 6.07) is 11.6. The van der Waals surface area contributed by atoms with Crippen molar-refractivity contribution < 1.29 is 14.3 Å². The maximum atomic E-state index is 13.5. The molecule has 0 radical (unpaired) electrons. The Morgan fingerprint density at radius 1 is 1.03 bits per heavy atom. The summed E-state index contributed by atoms with van der Waals surface area (Å²) in [7, 11) is 0. The molecule has 0 aliphatic carbocycles. The Morgan fingerprint density at radius 2 is 1.84 bits per heavy atom. The van der Waals surface area contributed by atoms with E-state index in [-0.39, 0.29) is 11.8 Å². The lowest BCUT2D eigenvalue weighted by Gasteiger charge is -2.34. The van der Waals surface area contributed by atoms with E-state index in [4.69, 9.17) is 9.47 Å². The molecular formula is C25H33N3O3. The fraction of sp³-hybridized carbons (Fsp3) is 0.520. The summed E-state index contributed by atoms with van der Waals surface area (Å²) in [6.07, 6.45) is 6.58. The van der Waals surface area contributed by atoms with E-state index in [1.54, 1.807) is 6.20 Å². The number of nitrogens with zero attached hydrogens (tertiary/aromatic N) is 3. The third-order valence-corrected chi connectivity index (χ3v) is 6.29. The van der Waals surface area contributed by atoms with Crippen molar-refractivity contribution in [2.75, 3.05) is 32.8 Å². The molecule has 2 aromatic rings. The molecule has 0 bridgehead atoms. The summed E-state index contributed by atoms with van der Waals surface area (Å²) in [6.45, 7) is 7.19. The first kappa shape index (κ1) is 21.6. The summed E-state index contributed by atoms with van der Waals surface area (Å²) < 4.78 is 12.1. The van der Waals surface area contributed by atoms with Gasteiger partial charge in [0, 0.05) is 24.2 Å². The standard InChI is InChI=1S/C25H33N3O3/c1-2-27-16-12-20(13-17-27)25(29)28-15-6-3-7-18-30-22-10-4-5-11-23(22)31-24-21(19-28)9-8-14-26-24/h4-5,8-11,14,20H,2-3,6-7,12-13,15-19H2,1H3. The Kier molecular flexibility index (Phi) is 7.41. The number of amides is 1. The maximum Gasteiger partial charge on any atom is 0.226 e. The molecule has 1 fully saturated rings. The van der Waals surface area contributed by atoms with Crippen LogP contribution in [0.5, 0.6) is 17.4 Å². The first-order chi connectivity index (χ1) is 15.2. The third-order valence-electron chi connectivity index (χ3n) is 6.29. The number of aromatic nitrogens is 1. The number of piperidine rings is 1. The number of fused-ring (bicyclic) bond motifs is 2. The van der Waals surface area contributed by atoms with Gasteiger partial charge >= 0.3 is 0 Å². The Morgan fingerprint density at radius 3 is 2.65 bits per heavy atom. The molecule has 1 aromatic heterocycles. The van der Waals surface area contributed by atoms with Crippen LogP contribution in [0.3, 0.4) is 0 Å². The Hall–Kier alpha value is -2.60. The zero-order chi connectivity index (χ0) is 21.5. The number of ether oxygens (including phenoxy) is 2. The highest BCUT2D eigenvalue weighted by Gasteiger charge is 2.28. The fourth-order valence-corrected chi connectivity index (χ4v) is 4.38. The average molecular weight is 424 g/mol. The van der Waals surface area contributed by atoms with E-state index < -0.39 is 0 Å². The molecular weight excluding hydrogens is 390 g/mol. The number of carbonyl (C=O) groups excluding carboxylic acids is 1. The van der Waals surface area contributed by atoms with Crippen LogP contribution in [0, 0.1) is 5.92 Å². The highest BCUT2D eigenvalue weighted by atomic mass is 16.5. The predicted octanol–water partition coefficient (Wildman–Crippen LogP) is 4.50. The molecule has 1 amide bonds. The zero-order valence-corrected chi connectivity index (χ0v) is 18.5. The summed E-state index contributed by atoms with van der Waals surface area (Å²) in [4.78, 5) is 22.4. The van der Waals surface area contributed by atoms with Gasteiger partial charge in [0.15, 0.2) is 11.5 Å². The summed E-state index contributed by atoms with van der Waals surface area (Å²) in [5.41, 5.74) is 0.927. The maximum absolute atomic E-state index is 13.5. The van der Waals surface area contributed by atoms with Gasteiger partial charge in [0.2, 0.25) is 11.8 Å². The van der Waals surface area contributed by atoms with E-state index in [1.165, 1.54) is 0 Å². The van der Waals surface area contributed by atoms with Crippen molar-refractivity contribution in [2.24, 2.45) is 5.92 Å². The molecule has 0 N–H and O–H groups in total. The number of hydrogen-bond acceptors (Lipinski definition) is 5. The Bertz CT molecular complexity index is 865. The number of benzene rings is 1. The van der Waals surface area contributed by atoms with Crippen molar-refractivity contribution in [3.8, 4) is 17.4 Å². The first-order valence-corrected chi connectivity index (χ1v) is 11.6. The molecule has 166 valence electrons. The SMILES string of the molecule is CCN1CCC(C(=O)N2CCCCCOc3ccccc3Oc3ncccc3C2)CC1. The number of likely N-dealkylation sites (tertiary alicyclic amines) is 1. The van der Waals surface area contributed by atoms with Gasteiger partial charge in [-0.2, -0.15) is 0 Å². The van der Waals surface area contributed by atoms with E-state index in [0.29, 0.717) is 24.8 Å². The quantitative estimate of drug-likeness (QED) is 0.712. The van der Waals surface area contributed by atoms with Crippen LogP contribution in [0.25, 0.3) is 0 Å². The molecule has 6 nitrogen and oxygen atoms in total. The second-order valence-corrected chi connectivity index (χ2v) is 8.39. The van der Waals surface area contributed by atoms with Gasteiger partial charge in [-0.3, -0.25) is 4.79 Å². The van der Waals surface area contributed by atoms with E-state index in [2.05, 4.69) is 16.8 Å². The zero-order valence-electron chi connectivity index (χ0n) is 18.5. The molecule has 31 heavy (non-hydrogen) atoms. The first-order valence-electron chi connectivity index (χ1n) is 11.6. The van der Waals surface area contributed by atoms with E-state index in [0.717, 1.165) is 69.6 Å². The number of rotatable bonds is 2. The van der Waals surface area contributed by atoms with Crippen LogP contribution in [0.1, 0.15) is 44.6 Å². The largest absolute Gasteiger partial charge is 0.490 e. The van der Waals surface area contributed by atoms with Crippen LogP contribution in [0.2, 0.25) is 0 Å². The summed E-state index contributed by atoms with van der Waals surface area (Å²) in [5, 5.41) is 0. The molecule has 2 aliphatic rings. The molecule has 0 unspecified atom stereocenters. The number of para-hydroxylation sites is 2. The highest BCUT2D eigenvalue weighted by molar-refractivity contribution is 5.79. The van der Waals surface area contributed by atoms with Gasteiger partial charge in [0.1, 0.15) is 0 Å². The minimum Gasteiger partial charge on any atom is -0.490 e. The molecule has 0 atom stereocenters. The molecule has 1 aromatic carbocycles. The Labute approximate surface area is 185 Å². The van der Waals surface area contributed by atoms with Crippen LogP contribution in [-0.4, -0.2) is 53.5 Å². The van der Waals surface area contributed by atoms with Crippen LogP contribution in [0.4, 0.5) is 0 Å². The number of hydrogen-bond donors (Lipinski definition) is 0. The third kappa shape index (κ3) is 5.56. The van der Waals surface area contributed by atoms with Gasteiger partial charge in [-0.05, 0) is 69.9 Å². The van der Waals surface area contributed by atoms with Gasteiger partial charge in [0.05, 0.1) is 13.2 Å². The van der Waals surface area contributed by atoms with Crippen molar-refractivity contribution in [3.05, 3.63) is 48.2 Å². The molecule has 1 saturated heterocycles. The number of carbonyl (C=O) groups is 1. The fourth-order valence-electron chi connectivity index (χ4n) is 4.38. The van der Waals surface area contributed by atoms with Crippen LogP contribution >= 0.6 is 0 Å². The number of pyridine rings is 1. The minimum atomic E-state index is 0.114. The monoisotopic (exact) mass is 423 g/mol. The van der Waals surface area contributed by atoms with Gasteiger partial charge in [-0.1, -0.05) is 25.1 Å². The lowest BCUT2D eigenvalue weighted by molar-refractivity contribution is -0.137. The smallest absolute Gasteiger partial charge is 0.226 e. The second-order valence-electron chi connectivity index (χ2n) is 8.39. The van der Waals surface area contributed by atoms with Crippen molar-refractivity contribution in [2.45, 2.75) is 45.6 Å². The minimum absolute atomic E-state index is 0.114.